The van der Waals surface area contributed by atoms with Gasteiger partial charge in [-0.3, -0.25) is 9.20 Å². The summed E-state index contributed by atoms with van der Waals surface area (Å²) in [5.41, 5.74) is 10.0. The number of benzene rings is 1. The maximum absolute atomic E-state index is 11.7. The number of imidazole rings is 1. The summed E-state index contributed by atoms with van der Waals surface area (Å²) in [6.45, 7) is 0.692. The number of nitrogens with one attached hydrogen (secondary N) is 1. The van der Waals surface area contributed by atoms with Gasteiger partial charge >= 0.3 is 0 Å². The van der Waals surface area contributed by atoms with E-state index in [1.165, 1.54) is 11.1 Å². The van der Waals surface area contributed by atoms with Gasteiger partial charge in [0, 0.05) is 24.0 Å². The minimum absolute atomic E-state index is 0.426. The van der Waals surface area contributed by atoms with E-state index in [-0.39, 0.29) is 0 Å². The molecule has 0 radical (unpaired) electrons. The van der Waals surface area contributed by atoms with Gasteiger partial charge in [-0.05, 0) is 37.0 Å². The van der Waals surface area contributed by atoms with Crippen LogP contribution in [0.5, 0.6) is 0 Å². The van der Waals surface area contributed by atoms with Crippen LogP contribution in [0.1, 0.15) is 33.6 Å². The van der Waals surface area contributed by atoms with Gasteiger partial charge in [0.2, 0.25) is 0 Å². The van der Waals surface area contributed by atoms with Gasteiger partial charge in [0.25, 0.3) is 5.91 Å². The molecule has 0 bridgehead atoms. The van der Waals surface area contributed by atoms with E-state index >= 15 is 0 Å². The van der Waals surface area contributed by atoms with Crippen LogP contribution in [0.4, 0.5) is 5.82 Å². The Morgan fingerprint density at radius 2 is 1.97 bits per heavy atom. The van der Waals surface area contributed by atoms with E-state index in [1.807, 2.05) is 28.8 Å². The van der Waals surface area contributed by atoms with Crippen molar-refractivity contribution in [1.29, 1.82) is 0 Å². The van der Waals surface area contributed by atoms with Gasteiger partial charge in [-0.2, -0.15) is 0 Å². The molecule has 1 amide bonds. The van der Waals surface area contributed by atoms with Crippen molar-refractivity contribution >= 4 is 17.2 Å². The molecule has 144 valence electrons. The maximum atomic E-state index is 11.7. The van der Waals surface area contributed by atoms with E-state index in [4.69, 9.17) is 15.7 Å². The van der Waals surface area contributed by atoms with Gasteiger partial charge in [0.1, 0.15) is 5.82 Å². The van der Waals surface area contributed by atoms with Gasteiger partial charge in [0.05, 0.1) is 17.3 Å². The highest BCUT2D eigenvalue weighted by atomic mass is 16.1. The number of primary amides is 1. The molecule has 3 aromatic heterocycles. The topological polar surface area (TPSA) is 98.2 Å². The van der Waals surface area contributed by atoms with E-state index in [2.05, 4.69) is 22.4 Å². The highest BCUT2D eigenvalue weighted by Gasteiger charge is 2.22. The number of hydrogen-bond acceptors (Lipinski definition) is 5. The van der Waals surface area contributed by atoms with Crippen LogP contribution in [0.25, 0.3) is 17.2 Å². The molecule has 5 rings (SSSR count). The number of carbonyl (C=O) groups excluding carboxylic acids is 1. The molecule has 7 heteroatoms. The SMILES string of the molecule is NC(=O)c1cccn2c(-c3nc4c(c(NCc5ccccc5)n3)CCC4)ncc12. The Labute approximate surface area is 167 Å². The largest absolute Gasteiger partial charge is 0.366 e. The van der Waals surface area contributed by atoms with Crippen LogP contribution in [-0.4, -0.2) is 25.3 Å². The van der Waals surface area contributed by atoms with Crippen LogP contribution in [0.2, 0.25) is 0 Å². The quantitative estimate of drug-likeness (QED) is 0.551. The first kappa shape index (κ1) is 17.4. The maximum Gasteiger partial charge on any atom is 0.250 e. The van der Waals surface area contributed by atoms with Crippen molar-refractivity contribution in [3.8, 4) is 11.6 Å². The Morgan fingerprint density at radius 3 is 2.79 bits per heavy atom. The molecule has 0 atom stereocenters. The number of nitrogens with zero attached hydrogens (tertiary/aromatic N) is 4. The summed E-state index contributed by atoms with van der Waals surface area (Å²) in [7, 11) is 0. The van der Waals surface area contributed by atoms with Crippen LogP contribution in [0.3, 0.4) is 0 Å². The van der Waals surface area contributed by atoms with E-state index < -0.39 is 5.91 Å². The lowest BCUT2D eigenvalue weighted by Gasteiger charge is -2.12. The highest BCUT2D eigenvalue weighted by molar-refractivity contribution is 5.99. The summed E-state index contributed by atoms with van der Waals surface area (Å²) in [4.78, 5) is 25.8. The second-order valence-electron chi connectivity index (χ2n) is 7.14. The Bertz CT molecular complexity index is 1210. The minimum Gasteiger partial charge on any atom is -0.366 e. The fourth-order valence-electron chi connectivity index (χ4n) is 3.86. The van der Waals surface area contributed by atoms with Gasteiger partial charge < -0.3 is 11.1 Å². The normalized spacial score (nSPS) is 12.8. The third-order valence-electron chi connectivity index (χ3n) is 5.27. The second-order valence-corrected chi connectivity index (χ2v) is 7.14. The molecule has 0 spiro atoms. The zero-order chi connectivity index (χ0) is 19.8. The summed E-state index contributed by atoms with van der Waals surface area (Å²) in [6, 6.07) is 13.7. The third kappa shape index (κ3) is 3.10. The first-order valence-corrected chi connectivity index (χ1v) is 9.64. The van der Waals surface area contributed by atoms with Crippen molar-refractivity contribution in [2.75, 3.05) is 5.32 Å². The van der Waals surface area contributed by atoms with Gasteiger partial charge in [-0.25, -0.2) is 15.0 Å². The zero-order valence-electron chi connectivity index (χ0n) is 15.8. The number of pyridine rings is 1. The molecule has 0 aliphatic heterocycles. The average molecular weight is 384 g/mol. The Hall–Kier alpha value is -3.74. The smallest absolute Gasteiger partial charge is 0.250 e. The summed E-state index contributed by atoms with van der Waals surface area (Å²) in [5.74, 6) is 1.51. The molecule has 29 heavy (non-hydrogen) atoms. The van der Waals surface area contributed by atoms with Crippen LogP contribution in [-0.2, 0) is 19.4 Å². The van der Waals surface area contributed by atoms with Crippen molar-refractivity contribution in [2.24, 2.45) is 5.73 Å². The third-order valence-corrected chi connectivity index (χ3v) is 5.27. The molecular formula is C22H20N6O. The molecule has 4 aromatic rings. The predicted molar refractivity (Wildman–Crippen MR) is 111 cm³/mol. The number of amides is 1. The number of rotatable bonds is 5. The lowest BCUT2D eigenvalue weighted by molar-refractivity contribution is 0.100. The summed E-state index contributed by atoms with van der Waals surface area (Å²) >= 11 is 0. The molecule has 1 aliphatic rings. The summed E-state index contributed by atoms with van der Waals surface area (Å²) < 4.78 is 1.82. The van der Waals surface area contributed by atoms with E-state index in [0.717, 1.165) is 30.8 Å². The summed E-state index contributed by atoms with van der Waals surface area (Å²) in [6.07, 6.45) is 6.46. The van der Waals surface area contributed by atoms with Crippen molar-refractivity contribution < 1.29 is 4.79 Å². The lowest BCUT2D eigenvalue weighted by Crippen LogP contribution is -2.12. The number of anilines is 1. The number of nitrogens with two attached hydrogens (primary N) is 1. The first-order valence-electron chi connectivity index (χ1n) is 9.64. The standard InChI is InChI=1S/C22H20N6O/c23-19(29)16-9-5-11-28-18(16)13-25-22(28)21-26-17-10-4-8-15(17)20(27-21)24-12-14-6-2-1-3-7-14/h1-3,5-7,9,11,13H,4,8,10,12H2,(H2,23,29)(H,24,26,27). The van der Waals surface area contributed by atoms with Gasteiger partial charge in [-0.1, -0.05) is 30.3 Å². The van der Waals surface area contributed by atoms with Gasteiger partial charge in [-0.15, -0.1) is 0 Å². The van der Waals surface area contributed by atoms with Crippen LogP contribution in [0, 0.1) is 0 Å². The van der Waals surface area contributed by atoms with Crippen molar-refractivity contribution in [3.63, 3.8) is 0 Å². The zero-order valence-corrected chi connectivity index (χ0v) is 15.8. The monoisotopic (exact) mass is 384 g/mol. The number of aryl methyl sites for hydroxylation is 1. The molecule has 3 heterocycles. The van der Waals surface area contributed by atoms with E-state index in [9.17, 15) is 4.79 Å². The van der Waals surface area contributed by atoms with Crippen molar-refractivity contribution in [2.45, 2.75) is 25.8 Å². The molecule has 3 N–H and O–H groups in total. The number of hydrogen-bond donors (Lipinski definition) is 2. The number of carbonyl (C=O) groups is 1. The minimum atomic E-state index is -0.484. The lowest BCUT2D eigenvalue weighted by atomic mass is 10.2. The fourth-order valence-corrected chi connectivity index (χ4v) is 3.86. The molecule has 0 unspecified atom stereocenters. The Morgan fingerprint density at radius 1 is 1.10 bits per heavy atom. The molecule has 1 aromatic carbocycles. The highest BCUT2D eigenvalue weighted by Crippen LogP contribution is 2.29. The van der Waals surface area contributed by atoms with E-state index in [0.29, 0.717) is 29.3 Å². The molecule has 1 aliphatic carbocycles. The van der Waals surface area contributed by atoms with Crippen LogP contribution < -0.4 is 11.1 Å². The Balaban J connectivity index is 1.57. The predicted octanol–water partition coefficient (Wildman–Crippen LogP) is 2.99. The van der Waals surface area contributed by atoms with E-state index in [1.54, 1.807) is 18.3 Å². The first-order chi connectivity index (χ1) is 14.2. The van der Waals surface area contributed by atoms with Crippen molar-refractivity contribution in [1.82, 2.24) is 19.4 Å². The van der Waals surface area contributed by atoms with Crippen LogP contribution in [0.15, 0.2) is 54.9 Å². The van der Waals surface area contributed by atoms with Gasteiger partial charge in [0.15, 0.2) is 11.6 Å². The average Bonchev–Trinajstić information content (AvgIpc) is 3.39. The molecule has 7 nitrogen and oxygen atoms in total. The molecular weight excluding hydrogens is 364 g/mol. The molecule has 0 saturated heterocycles. The Kier molecular flexibility index (Phi) is 4.20. The number of fused-ring (bicyclic) bond motifs is 2. The number of aromatic nitrogens is 4. The molecule has 0 fully saturated rings. The van der Waals surface area contributed by atoms with Crippen molar-refractivity contribution in [3.05, 3.63) is 77.2 Å². The van der Waals surface area contributed by atoms with Crippen LogP contribution >= 0.6 is 0 Å². The molecule has 0 saturated carbocycles. The summed E-state index contributed by atoms with van der Waals surface area (Å²) in [5, 5.41) is 3.48. The fraction of sp³-hybridized carbons (Fsp3) is 0.182. The second kappa shape index (κ2) is 7.01.